The monoisotopic (exact) mass is 333 g/mol. The van der Waals surface area contributed by atoms with Gasteiger partial charge >= 0.3 is 0 Å². The number of hydrogen-bond acceptors (Lipinski definition) is 3. The maximum Gasteiger partial charge on any atom is 0.220 e. The van der Waals surface area contributed by atoms with Gasteiger partial charge in [0, 0.05) is 30.2 Å². The van der Waals surface area contributed by atoms with Crippen molar-refractivity contribution in [3.8, 4) is 11.3 Å². The Morgan fingerprint density at radius 1 is 1.22 bits per heavy atom. The molecular formula is C18H20ClNO3. The quantitative estimate of drug-likeness (QED) is 0.898. The third kappa shape index (κ3) is 4.60. The second-order valence-electron chi connectivity index (χ2n) is 5.84. The minimum atomic E-state index is 0.0462. The van der Waals surface area contributed by atoms with E-state index in [1.165, 1.54) is 0 Å². The lowest BCUT2D eigenvalue weighted by atomic mass is 9.98. The zero-order valence-corrected chi connectivity index (χ0v) is 13.6. The Morgan fingerprint density at radius 2 is 2.04 bits per heavy atom. The standard InChI is InChI=1S/C18H20ClNO3/c19-15-5-3-14(4-6-15)17-8-7-16(23-17)11-20-18(21)10-13-2-1-9-22-12-13/h3-8,13H,1-2,9-12H2,(H,20,21)/t13-/m0/s1. The molecule has 4 nitrogen and oxygen atoms in total. The molecule has 1 aromatic heterocycles. The van der Waals surface area contributed by atoms with Gasteiger partial charge in [-0.25, -0.2) is 0 Å². The summed E-state index contributed by atoms with van der Waals surface area (Å²) >= 11 is 5.88. The van der Waals surface area contributed by atoms with Crippen molar-refractivity contribution in [2.24, 2.45) is 5.92 Å². The van der Waals surface area contributed by atoms with Crippen molar-refractivity contribution in [2.75, 3.05) is 13.2 Å². The molecular weight excluding hydrogens is 314 g/mol. The minimum absolute atomic E-state index is 0.0462. The number of carbonyl (C=O) groups excluding carboxylic acids is 1. The smallest absolute Gasteiger partial charge is 0.220 e. The van der Waals surface area contributed by atoms with Gasteiger partial charge in [-0.1, -0.05) is 11.6 Å². The molecule has 0 radical (unpaired) electrons. The maximum atomic E-state index is 12.0. The molecule has 1 aliphatic heterocycles. The molecule has 122 valence electrons. The first-order valence-electron chi connectivity index (χ1n) is 7.90. The number of benzene rings is 1. The lowest BCUT2D eigenvalue weighted by molar-refractivity contribution is -0.123. The summed E-state index contributed by atoms with van der Waals surface area (Å²) in [5, 5.41) is 3.60. The van der Waals surface area contributed by atoms with Gasteiger partial charge in [0.05, 0.1) is 6.54 Å². The average molecular weight is 334 g/mol. The van der Waals surface area contributed by atoms with E-state index in [0.717, 1.165) is 36.5 Å². The average Bonchev–Trinajstić information content (AvgIpc) is 3.04. The summed E-state index contributed by atoms with van der Waals surface area (Å²) in [4.78, 5) is 12.0. The molecule has 1 aromatic carbocycles. The van der Waals surface area contributed by atoms with Crippen LogP contribution in [-0.2, 0) is 16.1 Å². The molecule has 1 fully saturated rings. The summed E-state index contributed by atoms with van der Waals surface area (Å²) in [6.45, 7) is 1.91. The van der Waals surface area contributed by atoms with Gasteiger partial charge in [-0.15, -0.1) is 0 Å². The highest BCUT2D eigenvalue weighted by molar-refractivity contribution is 6.30. The highest BCUT2D eigenvalue weighted by Crippen LogP contribution is 2.24. The fraction of sp³-hybridized carbons (Fsp3) is 0.389. The highest BCUT2D eigenvalue weighted by Gasteiger charge is 2.17. The van der Waals surface area contributed by atoms with Crippen molar-refractivity contribution >= 4 is 17.5 Å². The first-order valence-corrected chi connectivity index (χ1v) is 8.27. The van der Waals surface area contributed by atoms with E-state index in [1.807, 2.05) is 36.4 Å². The third-order valence-electron chi connectivity index (χ3n) is 3.98. The number of carbonyl (C=O) groups is 1. The fourth-order valence-corrected chi connectivity index (χ4v) is 2.86. The van der Waals surface area contributed by atoms with Crippen LogP contribution in [0.1, 0.15) is 25.0 Å². The van der Waals surface area contributed by atoms with Crippen LogP contribution in [-0.4, -0.2) is 19.1 Å². The van der Waals surface area contributed by atoms with Gasteiger partial charge in [-0.2, -0.15) is 0 Å². The lowest BCUT2D eigenvalue weighted by Crippen LogP contribution is -2.28. The minimum Gasteiger partial charge on any atom is -0.459 e. The topological polar surface area (TPSA) is 51.5 Å². The van der Waals surface area contributed by atoms with Gasteiger partial charge < -0.3 is 14.5 Å². The highest BCUT2D eigenvalue weighted by atomic mass is 35.5. The number of amides is 1. The van der Waals surface area contributed by atoms with Crippen LogP contribution >= 0.6 is 11.6 Å². The van der Waals surface area contributed by atoms with Gasteiger partial charge in [0.25, 0.3) is 0 Å². The molecule has 2 aromatic rings. The molecule has 3 rings (SSSR count). The molecule has 1 saturated heterocycles. The molecule has 0 unspecified atom stereocenters. The summed E-state index contributed by atoms with van der Waals surface area (Å²) in [7, 11) is 0. The molecule has 2 heterocycles. The number of nitrogens with one attached hydrogen (secondary N) is 1. The van der Waals surface area contributed by atoms with Crippen LogP contribution in [0.4, 0.5) is 0 Å². The Hall–Kier alpha value is -1.78. The van der Waals surface area contributed by atoms with E-state index in [-0.39, 0.29) is 5.91 Å². The molecule has 0 bridgehead atoms. The second-order valence-corrected chi connectivity index (χ2v) is 6.27. The molecule has 1 atom stereocenters. The van der Waals surface area contributed by atoms with E-state index in [9.17, 15) is 4.79 Å². The van der Waals surface area contributed by atoms with Crippen LogP contribution in [0.25, 0.3) is 11.3 Å². The van der Waals surface area contributed by atoms with Crippen molar-refractivity contribution < 1.29 is 13.9 Å². The van der Waals surface area contributed by atoms with Crippen LogP contribution in [0, 0.1) is 5.92 Å². The van der Waals surface area contributed by atoms with Gasteiger partial charge in [-0.3, -0.25) is 4.79 Å². The molecule has 5 heteroatoms. The second kappa shape index (κ2) is 7.66. The summed E-state index contributed by atoms with van der Waals surface area (Å²) in [5.74, 6) is 1.89. The summed E-state index contributed by atoms with van der Waals surface area (Å²) in [5.41, 5.74) is 0.964. The van der Waals surface area contributed by atoms with E-state index >= 15 is 0 Å². The normalized spacial score (nSPS) is 17.9. The summed E-state index contributed by atoms with van der Waals surface area (Å²) in [6.07, 6.45) is 2.63. The molecule has 1 amide bonds. The Balaban J connectivity index is 1.50. The van der Waals surface area contributed by atoms with Crippen LogP contribution in [0.3, 0.4) is 0 Å². The summed E-state index contributed by atoms with van der Waals surface area (Å²) in [6, 6.07) is 11.3. The van der Waals surface area contributed by atoms with E-state index in [0.29, 0.717) is 30.5 Å². The first kappa shape index (κ1) is 16.1. The number of hydrogen-bond donors (Lipinski definition) is 1. The molecule has 0 saturated carbocycles. The van der Waals surface area contributed by atoms with Crippen LogP contribution in [0.15, 0.2) is 40.8 Å². The third-order valence-corrected chi connectivity index (χ3v) is 4.23. The number of rotatable bonds is 5. The van der Waals surface area contributed by atoms with Gasteiger partial charge in [0.1, 0.15) is 11.5 Å². The first-order chi connectivity index (χ1) is 11.2. The van der Waals surface area contributed by atoms with Crippen molar-refractivity contribution in [2.45, 2.75) is 25.8 Å². The molecule has 1 N–H and O–H groups in total. The van der Waals surface area contributed by atoms with E-state index < -0.39 is 0 Å². The van der Waals surface area contributed by atoms with Crippen molar-refractivity contribution in [1.82, 2.24) is 5.32 Å². The van der Waals surface area contributed by atoms with E-state index in [2.05, 4.69) is 5.32 Å². The van der Waals surface area contributed by atoms with E-state index in [1.54, 1.807) is 0 Å². The zero-order valence-electron chi connectivity index (χ0n) is 12.9. The predicted molar refractivity (Wildman–Crippen MR) is 89.2 cm³/mol. The van der Waals surface area contributed by atoms with Gasteiger partial charge in [-0.05, 0) is 55.2 Å². The van der Waals surface area contributed by atoms with Crippen molar-refractivity contribution in [3.63, 3.8) is 0 Å². The SMILES string of the molecule is O=C(C[C@@H]1CCCOC1)NCc1ccc(-c2ccc(Cl)cc2)o1. The van der Waals surface area contributed by atoms with Crippen LogP contribution in [0.5, 0.6) is 0 Å². The largest absolute Gasteiger partial charge is 0.459 e. The van der Waals surface area contributed by atoms with E-state index in [4.69, 9.17) is 20.8 Å². The van der Waals surface area contributed by atoms with Crippen LogP contribution < -0.4 is 5.32 Å². The number of halogens is 1. The molecule has 0 aliphatic carbocycles. The van der Waals surface area contributed by atoms with Crippen molar-refractivity contribution in [1.29, 1.82) is 0 Å². The Labute approximate surface area is 140 Å². The van der Waals surface area contributed by atoms with Gasteiger partial charge in [0.2, 0.25) is 5.91 Å². The number of ether oxygens (including phenoxy) is 1. The Morgan fingerprint density at radius 3 is 2.78 bits per heavy atom. The van der Waals surface area contributed by atoms with Crippen LogP contribution in [0.2, 0.25) is 5.02 Å². The number of furan rings is 1. The zero-order chi connectivity index (χ0) is 16.1. The lowest BCUT2D eigenvalue weighted by Gasteiger charge is -2.21. The Bertz CT molecular complexity index is 645. The molecule has 23 heavy (non-hydrogen) atoms. The Kier molecular flexibility index (Phi) is 5.36. The van der Waals surface area contributed by atoms with Crippen molar-refractivity contribution in [3.05, 3.63) is 47.2 Å². The van der Waals surface area contributed by atoms with Gasteiger partial charge in [0.15, 0.2) is 0 Å². The predicted octanol–water partition coefficient (Wildman–Crippen LogP) is 4.03. The molecule has 0 spiro atoms. The fourth-order valence-electron chi connectivity index (χ4n) is 2.73. The molecule has 1 aliphatic rings. The summed E-state index contributed by atoms with van der Waals surface area (Å²) < 4.78 is 11.2. The maximum absolute atomic E-state index is 12.0.